The van der Waals surface area contributed by atoms with Gasteiger partial charge in [0.15, 0.2) is 6.29 Å². The summed E-state index contributed by atoms with van der Waals surface area (Å²) in [5.41, 5.74) is 0. The van der Waals surface area contributed by atoms with Crippen LogP contribution in [0.25, 0.3) is 0 Å². The predicted octanol–water partition coefficient (Wildman–Crippen LogP) is 10.8. The first kappa shape index (κ1) is 55.9. The number of unbranched alkanes of at least 4 members (excludes halogenated alkanes) is 22. The van der Waals surface area contributed by atoms with E-state index in [-0.39, 0.29) is 12.5 Å². The summed E-state index contributed by atoms with van der Waals surface area (Å²) in [4.78, 5) is 12.9. The lowest BCUT2D eigenvalue weighted by atomic mass is 9.99. The van der Waals surface area contributed by atoms with Crippen molar-refractivity contribution < 1.29 is 39.8 Å². The molecule has 0 aromatic rings. The lowest BCUT2D eigenvalue weighted by Crippen LogP contribution is -2.60. The van der Waals surface area contributed by atoms with Crippen molar-refractivity contribution in [3.05, 3.63) is 60.8 Å². The van der Waals surface area contributed by atoms with E-state index in [1.54, 1.807) is 6.08 Å². The Hall–Kier alpha value is -2.11. The number of hydrogen-bond donors (Lipinski definition) is 6. The molecule has 1 aliphatic rings. The third-order valence-electron chi connectivity index (χ3n) is 11.3. The summed E-state index contributed by atoms with van der Waals surface area (Å²) in [5, 5.41) is 54.1. The zero-order valence-corrected chi connectivity index (χ0v) is 38.2. The van der Waals surface area contributed by atoms with Crippen LogP contribution in [0.3, 0.4) is 0 Å². The molecule has 9 heteroatoms. The van der Waals surface area contributed by atoms with E-state index < -0.39 is 49.5 Å². The average molecular weight is 846 g/mol. The van der Waals surface area contributed by atoms with Crippen molar-refractivity contribution in [2.75, 3.05) is 13.2 Å². The van der Waals surface area contributed by atoms with Crippen molar-refractivity contribution in [3.63, 3.8) is 0 Å². The highest BCUT2D eigenvalue weighted by Gasteiger charge is 2.44. The highest BCUT2D eigenvalue weighted by Crippen LogP contribution is 2.22. The number of carbonyl (C=O) groups excluding carboxylic acids is 1. The molecule has 348 valence electrons. The van der Waals surface area contributed by atoms with Gasteiger partial charge in [-0.3, -0.25) is 4.79 Å². The first-order chi connectivity index (χ1) is 29.3. The van der Waals surface area contributed by atoms with E-state index in [9.17, 15) is 30.3 Å². The number of ether oxygens (including phenoxy) is 2. The smallest absolute Gasteiger partial charge is 0.220 e. The monoisotopic (exact) mass is 846 g/mol. The number of allylic oxidation sites excluding steroid dienone is 9. The van der Waals surface area contributed by atoms with Crippen LogP contribution >= 0.6 is 0 Å². The van der Waals surface area contributed by atoms with E-state index in [1.165, 1.54) is 128 Å². The molecule has 1 aliphatic heterocycles. The maximum Gasteiger partial charge on any atom is 0.220 e. The highest BCUT2D eigenvalue weighted by molar-refractivity contribution is 5.76. The molecule has 0 spiro atoms. The minimum atomic E-state index is -1.57. The number of carbonyl (C=O) groups is 1. The molecule has 0 saturated carbocycles. The van der Waals surface area contributed by atoms with Crippen molar-refractivity contribution in [3.8, 4) is 0 Å². The van der Waals surface area contributed by atoms with Gasteiger partial charge in [-0.1, -0.05) is 184 Å². The number of amides is 1. The number of aliphatic hydroxyl groups is 5. The Morgan fingerprint density at radius 2 is 1.00 bits per heavy atom. The van der Waals surface area contributed by atoms with Gasteiger partial charge in [0.05, 0.1) is 25.4 Å². The molecule has 0 aromatic carbocycles. The second-order valence-electron chi connectivity index (χ2n) is 16.9. The van der Waals surface area contributed by atoms with Gasteiger partial charge in [-0.05, 0) is 70.6 Å². The zero-order valence-electron chi connectivity index (χ0n) is 38.2. The molecule has 1 heterocycles. The summed E-state index contributed by atoms with van der Waals surface area (Å²) < 4.78 is 11.2. The zero-order chi connectivity index (χ0) is 43.7. The fourth-order valence-electron chi connectivity index (χ4n) is 7.35. The van der Waals surface area contributed by atoms with Gasteiger partial charge in [0.25, 0.3) is 0 Å². The molecule has 0 aromatic heterocycles. The average Bonchev–Trinajstić information content (AvgIpc) is 3.25. The topological polar surface area (TPSA) is 149 Å². The van der Waals surface area contributed by atoms with Gasteiger partial charge in [0.1, 0.15) is 24.4 Å². The Balaban J connectivity index is 2.22. The van der Waals surface area contributed by atoms with E-state index in [0.29, 0.717) is 6.42 Å². The lowest BCUT2D eigenvalue weighted by Gasteiger charge is -2.40. The molecular weight excluding hydrogens is 755 g/mol. The van der Waals surface area contributed by atoms with Crippen LogP contribution in [0.4, 0.5) is 0 Å². The van der Waals surface area contributed by atoms with Crippen molar-refractivity contribution in [1.29, 1.82) is 0 Å². The fraction of sp³-hybridized carbons (Fsp3) is 0.784. The summed E-state index contributed by atoms with van der Waals surface area (Å²) in [6.07, 6.45) is 47.1. The molecule has 1 fully saturated rings. The molecular formula is C51H91NO8. The van der Waals surface area contributed by atoms with Gasteiger partial charge in [-0.2, -0.15) is 0 Å². The van der Waals surface area contributed by atoms with E-state index in [4.69, 9.17) is 9.47 Å². The summed E-state index contributed by atoms with van der Waals surface area (Å²) >= 11 is 0. The largest absolute Gasteiger partial charge is 0.394 e. The second-order valence-corrected chi connectivity index (χ2v) is 16.9. The standard InChI is InChI=1S/C51H91NO8/c1-3-5-7-9-11-13-15-16-17-18-19-20-21-22-23-24-25-26-27-28-29-30-31-33-35-37-39-41-47(55)52-44(43-59-51-50(58)49(57)48(56)46(42-53)60-51)45(54)40-38-36-34-32-14-12-10-8-6-4-2/h14-16,18-19,21-22,32,38,40,44-46,48-51,53-54,56-58H,3-13,17,20,23-31,33-37,39,41-43H2,1-2H3,(H,52,55)/b16-15-,19-18-,22-21-,32-14+,40-38+. The van der Waals surface area contributed by atoms with Gasteiger partial charge >= 0.3 is 0 Å². The molecule has 60 heavy (non-hydrogen) atoms. The van der Waals surface area contributed by atoms with Crippen LogP contribution < -0.4 is 5.32 Å². The minimum absolute atomic E-state index is 0.193. The predicted molar refractivity (Wildman–Crippen MR) is 249 cm³/mol. The van der Waals surface area contributed by atoms with Crippen LogP contribution in [0.2, 0.25) is 0 Å². The van der Waals surface area contributed by atoms with Crippen LogP contribution in [0.15, 0.2) is 60.8 Å². The molecule has 0 radical (unpaired) electrons. The lowest BCUT2D eigenvalue weighted by molar-refractivity contribution is -0.302. The first-order valence-electron chi connectivity index (χ1n) is 24.5. The quantitative estimate of drug-likeness (QED) is 0.0264. The molecule has 0 bridgehead atoms. The van der Waals surface area contributed by atoms with E-state index in [0.717, 1.165) is 51.4 Å². The van der Waals surface area contributed by atoms with Crippen molar-refractivity contribution in [2.45, 2.75) is 243 Å². The molecule has 1 rings (SSSR count). The van der Waals surface area contributed by atoms with Crippen LogP contribution in [0.5, 0.6) is 0 Å². The van der Waals surface area contributed by atoms with Crippen LogP contribution in [0.1, 0.15) is 200 Å². The van der Waals surface area contributed by atoms with E-state index in [2.05, 4.69) is 67.8 Å². The first-order valence-corrected chi connectivity index (χ1v) is 24.5. The number of rotatable bonds is 40. The van der Waals surface area contributed by atoms with Crippen molar-refractivity contribution in [1.82, 2.24) is 5.32 Å². The Labute approximate surface area is 366 Å². The molecule has 7 atom stereocenters. The number of aliphatic hydroxyl groups excluding tert-OH is 5. The normalized spacial score (nSPS) is 21.1. The molecule has 1 amide bonds. The van der Waals surface area contributed by atoms with E-state index >= 15 is 0 Å². The Morgan fingerprint density at radius 1 is 0.567 bits per heavy atom. The Bertz CT molecular complexity index is 1120. The third kappa shape index (κ3) is 30.8. The molecule has 1 saturated heterocycles. The maximum atomic E-state index is 12.9. The summed E-state index contributed by atoms with van der Waals surface area (Å²) in [6.45, 7) is 3.70. The molecule has 7 unspecified atom stereocenters. The third-order valence-corrected chi connectivity index (χ3v) is 11.3. The minimum Gasteiger partial charge on any atom is -0.394 e. The van der Waals surface area contributed by atoms with Crippen LogP contribution in [-0.4, -0.2) is 87.5 Å². The fourth-order valence-corrected chi connectivity index (χ4v) is 7.35. The SMILES string of the molecule is CCCCCC/C=C/CC/C=C/C(O)C(COC1OC(CO)C(O)C(O)C1O)NC(=O)CCCCCCCCCCCCCC/C=C\C/C=C\C/C=C\CCCCCCC. The molecule has 0 aliphatic carbocycles. The van der Waals surface area contributed by atoms with Gasteiger partial charge < -0.3 is 40.3 Å². The van der Waals surface area contributed by atoms with Gasteiger partial charge in [0, 0.05) is 6.42 Å². The van der Waals surface area contributed by atoms with Gasteiger partial charge in [-0.15, -0.1) is 0 Å². The van der Waals surface area contributed by atoms with Crippen LogP contribution in [0, 0.1) is 0 Å². The summed E-state index contributed by atoms with van der Waals surface area (Å²) in [7, 11) is 0. The molecule has 9 nitrogen and oxygen atoms in total. The number of nitrogens with one attached hydrogen (secondary N) is 1. The highest BCUT2D eigenvalue weighted by atomic mass is 16.7. The Morgan fingerprint density at radius 3 is 1.53 bits per heavy atom. The van der Waals surface area contributed by atoms with Gasteiger partial charge in [0.2, 0.25) is 5.91 Å². The van der Waals surface area contributed by atoms with Crippen molar-refractivity contribution in [2.24, 2.45) is 0 Å². The van der Waals surface area contributed by atoms with E-state index in [1.807, 2.05) is 6.08 Å². The Kier molecular flexibility index (Phi) is 38.1. The molecule has 6 N–H and O–H groups in total. The number of hydrogen-bond acceptors (Lipinski definition) is 8. The van der Waals surface area contributed by atoms with Gasteiger partial charge in [-0.25, -0.2) is 0 Å². The second kappa shape index (κ2) is 40.9. The summed E-state index contributed by atoms with van der Waals surface area (Å²) in [6, 6.07) is -0.822. The van der Waals surface area contributed by atoms with Crippen molar-refractivity contribution >= 4 is 5.91 Å². The van der Waals surface area contributed by atoms with Crippen LogP contribution in [-0.2, 0) is 14.3 Å². The summed E-state index contributed by atoms with van der Waals surface area (Å²) in [5.74, 6) is -0.193. The maximum absolute atomic E-state index is 12.9.